The molecule has 1 saturated heterocycles. The molecule has 0 saturated carbocycles. The second-order valence-corrected chi connectivity index (χ2v) is 15.3. The smallest absolute Gasteiger partial charge is 0.123 e. The number of aromatic hydroxyl groups is 1. The Morgan fingerprint density at radius 2 is 1.53 bits per heavy atom. The number of hydrogen-bond donors (Lipinski definition) is 1. The Kier molecular flexibility index (Phi) is 10.5. The van der Waals surface area contributed by atoms with E-state index < -0.39 is 0 Å². The van der Waals surface area contributed by atoms with Crippen LogP contribution in [0.3, 0.4) is 0 Å². The largest absolute Gasteiger partial charge is 0.507 e. The molecule has 2 aromatic rings. The summed E-state index contributed by atoms with van der Waals surface area (Å²) in [4.78, 5) is 2.49. The van der Waals surface area contributed by atoms with Gasteiger partial charge in [-0.2, -0.15) is 0 Å². The molecule has 0 aromatic heterocycles. The van der Waals surface area contributed by atoms with Gasteiger partial charge in [0.05, 0.1) is 0 Å². The Bertz CT molecular complexity index is 1060. The highest BCUT2D eigenvalue weighted by molar-refractivity contribution is 7.48. The Morgan fingerprint density at radius 3 is 2.11 bits per heavy atom. The minimum Gasteiger partial charge on any atom is -0.507 e. The van der Waals surface area contributed by atoms with E-state index in [1.54, 1.807) is 12.1 Å². The summed E-state index contributed by atoms with van der Waals surface area (Å²) in [5, 5.41) is 13.0. The zero-order chi connectivity index (χ0) is 28.1. The molecule has 0 amide bonds. The third kappa shape index (κ3) is 7.60. The molecule has 0 radical (unpaired) electrons. The lowest BCUT2D eigenvalue weighted by molar-refractivity contribution is 0.221. The first-order valence-corrected chi connectivity index (χ1v) is 16.0. The molecule has 1 heterocycles. The molecule has 4 heteroatoms. The van der Waals surface area contributed by atoms with E-state index in [0.717, 1.165) is 55.6 Å². The van der Waals surface area contributed by atoms with E-state index in [1.807, 2.05) is 6.07 Å². The number of rotatable bonds is 10. The molecule has 2 aromatic carbocycles. The molecule has 2 atom stereocenters. The maximum atomic E-state index is 14.6. The lowest BCUT2D eigenvalue weighted by atomic mass is 9.76. The average Bonchev–Trinajstić information content (AvgIpc) is 2.84. The Balaban J connectivity index is 2.18. The molecule has 0 aliphatic carbocycles. The van der Waals surface area contributed by atoms with E-state index in [9.17, 15) is 9.50 Å². The van der Waals surface area contributed by atoms with Gasteiger partial charge in [0.25, 0.3) is 0 Å². The number of likely N-dealkylation sites (tertiary alicyclic amines) is 1. The standard InChI is InChI=1S/C34H53FNOP/c1-9-11-13-18-34(10-2,29-23-26(32(3,4)5)22-28(31(29)37)33(6,7)8)38-30-17-16-27(35)21-25(30)24-36-19-14-12-15-20-36/h16-17,21-23,37-38H,9-15,18-20,24H2,1-8H3. The van der Waals surface area contributed by atoms with Crippen LogP contribution in [-0.4, -0.2) is 23.1 Å². The van der Waals surface area contributed by atoms with Crippen molar-refractivity contribution in [2.75, 3.05) is 13.1 Å². The molecule has 0 spiro atoms. The number of benzene rings is 2. The Hall–Kier alpha value is -1.44. The van der Waals surface area contributed by atoms with E-state index >= 15 is 0 Å². The van der Waals surface area contributed by atoms with Crippen LogP contribution in [0.2, 0.25) is 0 Å². The van der Waals surface area contributed by atoms with E-state index in [4.69, 9.17) is 0 Å². The van der Waals surface area contributed by atoms with Crippen LogP contribution < -0.4 is 5.30 Å². The molecule has 3 rings (SSSR count). The summed E-state index contributed by atoms with van der Waals surface area (Å²) in [6.07, 6.45) is 9.20. The van der Waals surface area contributed by atoms with Gasteiger partial charge >= 0.3 is 0 Å². The van der Waals surface area contributed by atoms with Crippen molar-refractivity contribution in [1.82, 2.24) is 4.90 Å². The molecule has 1 N–H and O–H groups in total. The number of halogens is 1. The minimum absolute atomic E-state index is 0.0240. The lowest BCUT2D eigenvalue weighted by Crippen LogP contribution is -2.32. The van der Waals surface area contributed by atoms with Crippen molar-refractivity contribution in [2.45, 2.75) is 129 Å². The number of unbranched alkanes of at least 4 members (excludes halogenated alkanes) is 2. The van der Waals surface area contributed by atoms with Crippen molar-refractivity contribution in [2.24, 2.45) is 0 Å². The van der Waals surface area contributed by atoms with Gasteiger partial charge < -0.3 is 5.11 Å². The average molecular weight is 542 g/mol. The molecule has 1 fully saturated rings. The van der Waals surface area contributed by atoms with Gasteiger partial charge in [-0.05, 0) is 83.7 Å². The van der Waals surface area contributed by atoms with E-state index in [-0.39, 0.29) is 21.8 Å². The molecule has 1 aliphatic heterocycles. The summed E-state index contributed by atoms with van der Waals surface area (Å²) < 4.78 is 14.6. The zero-order valence-electron chi connectivity index (χ0n) is 25.4. The van der Waals surface area contributed by atoms with Gasteiger partial charge in [-0.1, -0.05) is 108 Å². The SMILES string of the molecule is CCCCCC(CC)(Pc1ccc(F)cc1CN1CCCCC1)c1cc(C(C)(C)C)cc(C(C)(C)C)c1O. The van der Waals surface area contributed by atoms with Crippen molar-refractivity contribution in [3.8, 4) is 5.75 Å². The molecular weight excluding hydrogens is 488 g/mol. The van der Waals surface area contributed by atoms with E-state index in [2.05, 4.69) is 72.4 Å². The summed E-state index contributed by atoms with van der Waals surface area (Å²) in [5.41, 5.74) is 4.35. The summed E-state index contributed by atoms with van der Waals surface area (Å²) in [5.74, 6) is 0.322. The van der Waals surface area contributed by atoms with Gasteiger partial charge in [0, 0.05) is 17.3 Å². The first-order chi connectivity index (χ1) is 17.8. The van der Waals surface area contributed by atoms with Gasteiger partial charge in [0.15, 0.2) is 0 Å². The highest BCUT2D eigenvalue weighted by atomic mass is 31.1. The maximum absolute atomic E-state index is 14.6. The molecular formula is C34H53FNOP. The quantitative estimate of drug-likeness (QED) is 0.239. The fourth-order valence-corrected chi connectivity index (χ4v) is 7.63. The number of hydrogen-bond acceptors (Lipinski definition) is 2. The van der Waals surface area contributed by atoms with Crippen molar-refractivity contribution in [3.63, 3.8) is 0 Å². The Labute approximate surface area is 234 Å². The highest BCUT2D eigenvalue weighted by Gasteiger charge is 2.37. The van der Waals surface area contributed by atoms with Gasteiger partial charge in [0.2, 0.25) is 0 Å². The molecule has 1 aliphatic rings. The number of phenolic OH excluding ortho intramolecular Hbond substituents is 1. The second kappa shape index (κ2) is 12.8. The molecule has 212 valence electrons. The van der Waals surface area contributed by atoms with Crippen LogP contribution in [0.15, 0.2) is 30.3 Å². The number of nitrogens with zero attached hydrogens (tertiary/aromatic N) is 1. The number of phenols is 1. The zero-order valence-corrected chi connectivity index (χ0v) is 26.4. The van der Waals surface area contributed by atoms with Crippen LogP contribution in [0.25, 0.3) is 0 Å². The third-order valence-corrected chi connectivity index (χ3v) is 10.5. The van der Waals surface area contributed by atoms with Crippen molar-refractivity contribution in [1.29, 1.82) is 0 Å². The predicted molar refractivity (Wildman–Crippen MR) is 165 cm³/mol. The second-order valence-electron chi connectivity index (χ2n) is 13.6. The van der Waals surface area contributed by atoms with Crippen LogP contribution in [-0.2, 0) is 22.5 Å². The van der Waals surface area contributed by atoms with Crippen molar-refractivity contribution >= 4 is 13.9 Å². The number of piperidine rings is 1. The summed E-state index contributed by atoms with van der Waals surface area (Å²) in [6.45, 7) is 20.9. The van der Waals surface area contributed by atoms with E-state index in [0.29, 0.717) is 14.3 Å². The Morgan fingerprint density at radius 1 is 0.868 bits per heavy atom. The van der Waals surface area contributed by atoms with Gasteiger partial charge in [0.1, 0.15) is 11.6 Å². The predicted octanol–water partition coefficient (Wildman–Crippen LogP) is 9.30. The van der Waals surface area contributed by atoms with E-state index in [1.165, 1.54) is 43.0 Å². The first kappa shape index (κ1) is 31.1. The molecule has 0 bridgehead atoms. The van der Waals surface area contributed by atoms with Crippen LogP contribution in [0.4, 0.5) is 4.39 Å². The monoisotopic (exact) mass is 541 g/mol. The summed E-state index contributed by atoms with van der Waals surface area (Å²) >= 11 is 0. The summed E-state index contributed by atoms with van der Waals surface area (Å²) in [7, 11) is 0.473. The van der Waals surface area contributed by atoms with Crippen molar-refractivity contribution < 1.29 is 9.50 Å². The third-order valence-electron chi connectivity index (χ3n) is 8.39. The van der Waals surface area contributed by atoms with Gasteiger partial charge in [-0.15, -0.1) is 0 Å². The maximum Gasteiger partial charge on any atom is 0.123 e. The first-order valence-electron chi connectivity index (χ1n) is 15.0. The van der Waals surface area contributed by atoms with Crippen LogP contribution in [0.1, 0.15) is 129 Å². The van der Waals surface area contributed by atoms with Gasteiger partial charge in [-0.25, -0.2) is 4.39 Å². The highest BCUT2D eigenvalue weighted by Crippen LogP contribution is 2.54. The molecule has 38 heavy (non-hydrogen) atoms. The normalized spacial score (nSPS) is 17.3. The molecule has 2 nitrogen and oxygen atoms in total. The fraction of sp³-hybridized carbons (Fsp3) is 0.647. The summed E-state index contributed by atoms with van der Waals surface area (Å²) in [6, 6.07) is 9.98. The lowest BCUT2D eigenvalue weighted by Gasteiger charge is -2.38. The van der Waals surface area contributed by atoms with Gasteiger partial charge in [-0.3, -0.25) is 4.90 Å². The minimum atomic E-state index is -0.186. The van der Waals surface area contributed by atoms with Crippen LogP contribution in [0, 0.1) is 5.82 Å². The molecule has 2 unspecified atom stereocenters. The topological polar surface area (TPSA) is 23.5 Å². The van der Waals surface area contributed by atoms with Crippen LogP contribution in [0.5, 0.6) is 5.75 Å². The fourth-order valence-electron chi connectivity index (χ4n) is 5.83. The van der Waals surface area contributed by atoms with Crippen molar-refractivity contribution in [3.05, 3.63) is 58.4 Å². The van der Waals surface area contributed by atoms with Crippen LogP contribution >= 0.6 is 8.58 Å².